The number of nitrogens with zero attached hydrogens (tertiary/aromatic N) is 1. The van der Waals surface area contributed by atoms with Crippen molar-refractivity contribution in [3.05, 3.63) is 35.4 Å². The lowest BCUT2D eigenvalue weighted by atomic mass is 10.0. The van der Waals surface area contributed by atoms with Gasteiger partial charge in [-0.15, -0.1) is 0 Å². The average molecular weight is 230 g/mol. The van der Waals surface area contributed by atoms with Crippen molar-refractivity contribution in [2.75, 3.05) is 0 Å². The van der Waals surface area contributed by atoms with Gasteiger partial charge < -0.3 is 0 Å². The summed E-state index contributed by atoms with van der Waals surface area (Å²) >= 11 is 0. The molecule has 0 aliphatic carbocycles. The first kappa shape index (κ1) is 10.5. The zero-order valence-electron chi connectivity index (χ0n) is 9.48. The highest BCUT2D eigenvalue weighted by atomic mass is 16.2. The molecule has 1 aromatic rings. The summed E-state index contributed by atoms with van der Waals surface area (Å²) in [4.78, 5) is 25.1. The van der Waals surface area contributed by atoms with Crippen molar-refractivity contribution in [1.29, 1.82) is 0 Å². The van der Waals surface area contributed by atoms with Crippen molar-refractivity contribution >= 4 is 11.8 Å². The van der Waals surface area contributed by atoms with E-state index in [1.807, 2.05) is 24.3 Å². The normalized spacial score (nSPS) is 24.0. The Morgan fingerprint density at radius 1 is 1.12 bits per heavy atom. The van der Waals surface area contributed by atoms with Crippen molar-refractivity contribution in [1.82, 2.24) is 10.2 Å². The van der Waals surface area contributed by atoms with Crippen molar-refractivity contribution in [3.8, 4) is 0 Å². The van der Waals surface area contributed by atoms with Crippen LogP contribution in [0.1, 0.15) is 36.6 Å². The number of piperidine rings is 1. The van der Waals surface area contributed by atoms with E-state index in [2.05, 4.69) is 5.32 Å². The number of hydrogen-bond donors (Lipinski definition) is 1. The van der Waals surface area contributed by atoms with E-state index in [0.717, 1.165) is 12.1 Å². The van der Waals surface area contributed by atoms with E-state index in [1.54, 1.807) is 0 Å². The fraction of sp³-hybridized carbons (Fsp3) is 0.385. The Hall–Kier alpha value is -1.68. The zero-order valence-corrected chi connectivity index (χ0v) is 9.48. The van der Waals surface area contributed by atoms with Gasteiger partial charge in [0.15, 0.2) is 0 Å². The number of benzene rings is 1. The van der Waals surface area contributed by atoms with Crippen LogP contribution in [0.5, 0.6) is 0 Å². The summed E-state index contributed by atoms with van der Waals surface area (Å²) in [6.07, 6.45) is 1.38. The lowest BCUT2D eigenvalue weighted by Crippen LogP contribution is -2.45. The lowest BCUT2D eigenvalue weighted by Gasteiger charge is -2.31. The predicted molar refractivity (Wildman–Crippen MR) is 61.7 cm³/mol. The topological polar surface area (TPSA) is 49.4 Å². The molecule has 4 heteroatoms. The van der Waals surface area contributed by atoms with Crippen molar-refractivity contribution in [3.63, 3.8) is 0 Å². The predicted octanol–water partition coefficient (Wildman–Crippen LogP) is 1.33. The highest BCUT2D eigenvalue weighted by Gasteiger charge is 2.36. The minimum Gasteiger partial charge on any atom is -0.289 e. The Balaban J connectivity index is 1.95. The zero-order chi connectivity index (χ0) is 11.8. The Bertz CT molecular complexity index is 468. The molecule has 0 aromatic heterocycles. The van der Waals surface area contributed by atoms with Gasteiger partial charge in [0.25, 0.3) is 0 Å². The van der Waals surface area contributed by atoms with Crippen LogP contribution in [0.4, 0.5) is 0 Å². The molecule has 0 saturated carbocycles. The molecule has 0 spiro atoms. The van der Waals surface area contributed by atoms with E-state index in [-0.39, 0.29) is 18.0 Å². The van der Waals surface area contributed by atoms with Crippen LogP contribution in [-0.4, -0.2) is 16.7 Å². The van der Waals surface area contributed by atoms with Crippen molar-refractivity contribution in [2.45, 2.75) is 32.0 Å². The monoisotopic (exact) mass is 230 g/mol. The number of rotatable bonds is 1. The molecule has 1 atom stereocenters. The molecule has 0 bridgehead atoms. The summed E-state index contributed by atoms with van der Waals surface area (Å²) in [5.74, 6) is -0.120. The molecule has 1 N–H and O–H groups in total. The number of carbonyl (C=O) groups excluding carboxylic acids is 2. The fourth-order valence-electron chi connectivity index (χ4n) is 2.57. The number of carbonyl (C=O) groups is 2. The van der Waals surface area contributed by atoms with E-state index < -0.39 is 0 Å². The van der Waals surface area contributed by atoms with Gasteiger partial charge in [-0.25, -0.2) is 0 Å². The third kappa shape index (κ3) is 1.65. The summed E-state index contributed by atoms with van der Waals surface area (Å²) in [6.45, 7) is 0.720. The smallest absolute Gasteiger partial charge is 0.230 e. The number of imide groups is 1. The molecule has 1 saturated heterocycles. The summed E-state index contributed by atoms with van der Waals surface area (Å²) in [5.41, 5.74) is 2.22. The second-order valence-corrected chi connectivity index (χ2v) is 4.49. The molecule has 1 unspecified atom stereocenters. The van der Waals surface area contributed by atoms with E-state index in [0.29, 0.717) is 19.3 Å². The summed E-state index contributed by atoms with van der Waals surface area (Å²) in [6, 6.07) is 7.93. The van der Waals surface area contributed by atoms with E-state index in [1.165, 1.54) is 10.5 Å². The van der Waals surface area contributed by atoms with Gasteiger partial charge in [0, 0.05) is 19.4 Å². The largest absolute Gasteiger partial charge is 0.289 e. The molecular formula is C13H14N2O2. The molecule has 4 nitrogen and oxygen atoms in total. The number of amides is 2. The number of hydrogen-bond acceptors (Lipinski definition) is 3. The van der Waals surface area contributed by atoms with Gasteiger partial charge in [0.2, 0.25) is 11.8 Å². The quantitative estimate of drug-likeness (QED) is 0.740. The van der Waals surface area contributed by atoms with Crippen LogP contribution >= 0.6 is 0 Å². The van der Waals surface area contributed by atoms with Crippen LogP contribution in [0, 0.1) is 0 Å². The highest BCUT2D eigenvalue weighted by Crippen LogP contribution is 2.30. The first-order valence-corrected chi connectivity index (χ1v) is 5.93. The van der Waals surface area contributed by atoms with Crippen LogP contribution in [0.25, 0.3) is 0 Å². The molecule has 1 aromatic carbocycles. The molecule has 2 heterocycles. The second-order valence-electron chi connectivity index (χ2n) is 4.49. The molecule has 3 rings (SSSR count). The maximum absolute atomic E-state index is 11.9. The molecule has 2 amide bonds. The first-order valence-electron chi connectivity index (χ1n) is 5.93. The van der Waals surface area contributed by atoms with Crippen LogP contribution in [0.15, 0.2) is 24.3 Å². The minimum atomic E-state index is -0.258. The van der Waals surface area contributed by atoms with Gasteiger partial charge in [-0.3, -0.25) is 19.8 Å². The van der Waals surface area contributed by atoms with Crippen LogP contribution in [0.2, 0.25) is 0 Å². The minimum absolute atomic E-state index is 0.0598. The number of likely N-dealkylation sites (tertiary alicyclic amines) is 1. The Morgan fingerprint density at radius 2 is 1.82 bits per heavy atom. The van der Waals surface area contributed by atoms with Gasteiger partial charge >= 0.3 is 0 Å². The van der Waals surface area contributed by atoms with E-state index in [9.17, 15) is 9.59 Å². The van der Waals surface area contributed by atoms with E-state index in [4.69, 9.17) is 0 Å². The molecule has 2 aliphatic heterocycles. The van der Waals surface area contributed by atoms with Gasteiger partial charge in [-0.05, 0) is 17.5 Å². The van der Waals surface area contributed by atoms with Gasteiger partial charge in [0.05, 0.1) is 0 Å². The van der Waals surface area contributed by atoms with Gasteiger partial charge in [-0.2, -0.15) is 0 Å². The third-order valence-corrected chi connectivity index (χ3v) is 3.41. The summed E-state index contributed by atoms with van der Waals surface area (Å²) in [7, 11) is 0. The molecule has 0 radical (unpaired) electrons. The lowest BCUT2D eigenvalue weighted by molar-refractivity contribution is -0.151. The number of nitrogens with one attached hydrogen (secondary N) is 1. The van der Waals surface area contributed by atoms with Crippen LogP contribution in [0.3, 0.4) is 0 Å². The first-order chi connectivity index (χ1) is 8.27. The number of fused-ring (bicyclic) bond motifs is 1. The summed E-state index contributed by atoms with van der Waals surface area (Å²) in [5, 5.41) is 3.24. The standard InChI is InChI=1S/C13H14N2O2/c16-11-6-3-7-12(17)15(11)13-10-5-2-1-4-9(10)8-14-13/h1-2,4-5,13-14H,3,6-8H2. The maximum atomic E-state index is 11.9. The third-order valence-electron chi connectivity index (χ3n) is 3.41. The Kier molecular flexibility index (Phi) is 2.44. The van der Waals surface area contributed by atoms with Crippen LogP contribution < -0.4 is 5.32 Å². The van der Waals surface area contributed by atoms with Crippen molar-refractivity contribution in [2.24, 2.45) is 0 Å². The second kappa shape index (κ2) is 3.96. The Labute approximate surface area is 99.6 Å². The Morgan fingerprint density at radius 3 is 2.59 bits per heavy atom. The average Bonchev–Trinajstić information content (AvgIpc) is 2.73. The maximum Gasteiger partial charge on any atom is 0.230 e. The molecule has 1 fully saturated rings. The van der Waals surface area contributed by atoms with Gasteiger partial charge in [-0.1, -0.05) is 24.3 Å². The van der Waals surface area contributed by atoms with Crippen LogP contribution in [-0.2, 0) is 16.1 Å². The van der Waals surface area contributed by atoms with Crippen molar-refractivity contribution < 1.29 is 9.59 Å². The van der Waals surface area contributed by atoms with E-state index >= 15 is 0 Å². The molecular weight excluding hydrogens is 216 g/mol. The fourth-order valence-corrected chi connectivity index (χ4v) is 2.57. The molecule has 2 aliphatic rings. The molecule has 88 valence electrons. The molecule has 17 heavy (non-hydrogen) atoms. The highest BCUT2D eigenvalue weighted by molar-refractivity contribution is 5.98. The summed E-state index contributed by atoms with van der Waals surface area (Å²) < 4.78 is 0. The SMILES string of the molecule is O=C1CCCC(=O)N1C1NCc2ccccc21. The van der Waals surface area contributed by atoms with Gasteiger partial charge in [0.1, 0.15) is 6.17 Å².